The standard InChI is InChI=1S/C12H23BrO/c1-11(2)14-10-12(9-13)7-5-3-4-6-8-12/h11H,3-10H2,1-2H3. The molecule has 0 radical (unpaired) electrons. The molecule has 0 atom stereocenters. The Balaban J connectivity index is 2.45. The molecule has 0 unspecified atom stereocenters. The number of alkyl halides is 1. The summed E-state index contributed by atoms with van der Waals surface area (Å²) in [5.41, 5.74) is 0.431. The lowest BCUT2D eigenvalue weighted by atomic mass is 9.83. The molecule has 1 rings (SSSR count). The number of hydrogen-bond donors (Lipinski definition) is 0. The van der Waals surface area contributed by atoms with Crippen LogP contribution in [0.3, 0.4) is 0 Å². The maximum atomic E-state index is 5.80. The zero-order valence-electron chi connectivity index (χ0n) is 9.52. The van der Waals surface area contributed by atoms with Crippen LogP contribution in [0.4, 0.5) is 0 Å². The molecule has 0 aromatic rings. The summed E-state index contributed by atoms with van der Waals surface area (Å²) in [6, 6.07) is 0. The van der Waals surface area contributed by atoms with Gasteiger partial charge in [-0.3, -0.25) is 0 Å². The van der Waals surface area contributed by atoms with Crippen molar-refractivity contribution >= 4 is 15.9 Å². The van der Waals surface area contributed by atoms with E-state index in [0.29, 0.717) is 11.5 Å². The van der Waals surface area contributed by atoms with Crippen molar-refractivity contribution in [2.45, 2.75) is 58.5 Å². The average molecular weight is 263 g/mol. The number of ether oxygens (including phenoxy) is 1. The van der Waals surface area contributed by atoms with Gasteiger partial charge < -0.3 is 4.74 Å². The first-order valence-electron chi connectivity index (χ1n) is 5.86. The van der Waals surface area contributed by atoms with E-state index in [1.807, 2.05) is 0 Å². The second kappa shape index (κ2) is 6.12. The van der Waals surface area contributed by atoms with Crippen molar-refractivity contribution in [2.24, 2.45) is 5.41 Å². The fourth-order valence-corrected chi connectivity index (χ4v) is 2.86. The molecular weight excluding hydrogens is 240 g/mol. The van der Waals surface area contributed by atoms with Gasteiger partial charge in [-0.05, 0) is 26.7 Å². The molecule has 0 amide bonds. The highest BCUT2D eigenvalue weighted by Gasteiger charge is 2.30. The Morgan fingerprint density at radius 2 is 1.71 bits per heavy atom. The summed E-state index contributed by atoms with van der Waals surface area (Å²) in [5, 5.41) is 1.10. The lowest BCUT2D eigenvalue weighted by molar-refractivity contribution is 0.0104. The van der Waals surface area contributed by atoms with E-state index in [2.05, 4.69) is 29.8 Å². The summed E-state index contributed by atoms with van der Waals surface area (Å²) in [6.45, 7) is 5.19. The molecule has 0 aliphatic heterocycles. The topological polar surface area (TPSA) is 9.23 Å². The summed E-state index contributed by atoms with van der Waals surface area (Å²) in [6.07, 6.45) is 8.64. The molecule has 0 heterocycles. The average Bonchev–Trinajstić information content (AvgIpc) is 2.41. The molecule has 0 aromatic heterocycles. The Hall–Kier alpha value is 0.440. The first-order valence-corrected chi connectivity index (χ1v) is 6.98. The maximum Gasteiger partial charge on any atom is 0.0533 e. The van der Waals surface area contributed by atoms with Crippen LogP contribution in [0.1, 0.15) is 52.4 Å². The van der Waals surface area contributed by atoms with Crippen LogP contribution in [0.25, 0.3) is 0 Å². The van der Waals surface area contributed by atoms with Crippen LogP contribution >= 0.6 is 15.9 Å². The van der Waals surface area contributed by atoms with Crippen molar-refractivity contribution in [1.29, 1.82) is 0 Å². The molecule has 1 saturated carbocycles. The minimum atomic E-state index is 0.370. The molecule has 84 valence electrons. The summed E-state index contributed by atoms with van der Waals surface area (Å²) in [5.74, 6) is 0. The Bertz CT molecular complexity index is 148. The molecule has 0 N–H and O–H groups in total. The molecule has 0 bridgehead atoms. The van der Waals surface area contributed by atoms with Crippen molar-refractivity contribution in [3.05, 3.63) is 0 Å². The lowest BCUT2D eigenvalue weighted by Gasteiger charge is -2.31. The van der Waals surface area contributed by atoms with Gasteiger partial charge in [-0.1, -0.05) is 41.6 Å². The summed E-state index contributed by atoms with van der Waals surface area (Å²) in [7, 11) is 0. The normalized spacial score (nSPS) is 22.3. The van der Waals surface area contributed by atoms with E-state index in [-0.39, 0.29) is 0 Å². The Kier molecular flexibility index (Phi) is 5.47. The summed E-state index contributed by atoms with van der Waals surface area (Å²) >= 11 is 3.67. The van der Waals surface area contributed by atoms with Gasteiger partial charge in [0.05, 0.1) is 12.7 Å². The quantitative estimate of drug-likeness (QED) is 0.547. The number of hydrogen-bond acceptors (Lipinski definition) is 1. The van der Waals surface area contributed by atoms with Gasteiger partial charge in [0, 0.05) is 10.7 Å². The Morgan fingerprint density at radius 1 is 1.14 bits per heavy atom. The Morgan fingerprint density at radius 3 is 2.14 bits per heavy atom. The van der Waals surface area contributed by atoms with Crippen molar-refractivity contribution < 1.29 is 4.74 Å². The second-order valence-electron chi connectivity index (χ2n) is 4.91. The Labute approximate surface area is 96.7 Å². The molecule has 0 aromatic carbocycles. The van der Waals surface area contributed by atoms with E-state index in [1.165, 1.54) is 38.5 Å². The molecule has 1 fully saturated rings. The van der Waals surface area contributed by atoms with Gasteiger partial charge in [0.15, 0.2) is 0 Å². The van der Waals surface area contributed by atoms with Crippen molar-refractivity contribution in [1.82, 2.24) is 0 Å². The summed E-state index contributed by atoms with van der Waals surface area (Å²) in [4.78, 5) is 0. The van der Waals surface area contributed by atoms with Gasteiger partial charge in [-0.15, -0.1) is 0 Å². The van der Waals surface area contributed by atoms with Crippen LogP contribution in [0.2, 0.25) is 0 Å². The highest BCUT2D eigenvalue weighted by molar-refractivity contribution is 9.09. The van der Waals surface area contributed by atoms with Gasteiger partial charge in [0.1, 0.15) is 0 Å². The van der Waals surface area contributed by atoms with Crippen molar-refractivity contribution in [2.75, 3.05) is 11.9 Å². The molecule has 1 nitrogen and oxygen atoms in total. The SMILES string of the molecule is CC(C)OCC1(CBr)CCCCCC1. The van der Waals surface area contributed by atoms with Crippen LogP contribution in [0.5, 0.6) is 0 Å². The predicted octanol–water partition coefficient (Wildman–Crippen LogP) is 4.15. The monoisotopic (exact) mass is 262 g/mol. The van der Waals surface area contributed by atoms with Crippen LogP contribution in [0.15, 0.2) is 0 Å². The minimum Gasteiger partial charge on any atom is -0.378 e. The third-order valence-corrected chi connectivity index (χ3v) is 4.36. The molecule has 1 aliphatic rings. The van der Waals surface area contributed by atoms with Gasteiger partial charge in [0.25, 0.3) is 0 Å². The third-order valence-electron chi connectivity index (χ3n) is 3.17. The molecule has 14 heavy (non-hydrogen) atoms. The van der Waals surface area contributed by atoms with Gasteiger partial charge in [-0.25, -0.2) is 0 Å². The largest absolute Gasteiger partial charge is 0.378 e. The summed E-state index contributed by atoms with van der Waals surface area (Å²) < 4.78 is 5.80. The fourth-order valence-electron chi connectivity index (χ4n) is 2.14. The first-order chi connectivity index (χ1) is 6.68. The zero-order chi connectivity index (χ0) is 10.4. The zero-order valence-corrected chi connectivity index (χ0v) is 11.1. The molecule has 0 spiro atoms. The molecule has 0 saturated heterocycles. The van der Waals surface area contributed by atoms with Crippen LogP contribution in [-0.4, -0.2) is 18.0 Å². The predicted molar refractivity (Wildman–Crippen MR) is 65.0 cm³/mol. The minimum absolute atomic E-state index is 0.370. The van der Waals surface area contributed by atoms with Gasteiger partial charge in [-0.2, -0.15) is 0 Å². The number of rotatable bonds is 4. The maximum absolute atomic E-state index is 5.80. The van der Waals surface area contributed by atoms with Crippen molar-refractivity contribution in [3.8, 4) is 0 Å². The van der Waals surface area contributed by atoms with Crippen LogP contribution < -0.4 is 0 Å². The van der Waals surface area contributed by atoms with Crippen LogP contribution in [-0.2, 0) is 4.74 Å². The first kappa shape index (κ1) is 12.5. The second-order valence-corrected chi connectivity index (χ2v) is 5.47. The van der Waals surface area contributed by atoms with E-state index in [0.717, 1.165) is 11.9 Å². The lowest BCUT2D eigenvalue weighted by Crippen LogP contribution is -2.29. The molecular formula is C12H23BrO. The smallest absolute Gasteiger partial charge is 0.0533 e. The van der Waals surface area contributed by atoms with Gasteiger partial charge >= 0.3 is 0 Å². The molecule has 2 heteroatoms. The van der Waals surface area contributed by atoms with Crippen LogP contribution in [0, 0.1) is 5.41 Å². The van der Waals surface area contributed by atoms with E-state index in [1.54, 1.807) is 0 Å². The van der Waals surface area contributed by atoms with E-state index in [4.69, 9.17) is 4.74 Å². The fraction of sp³-hybridized carbons (Fsp3) is 1.00. The van der Waals surface area contributed by atoms with Gasteiger partial charge in [0.2, 0.25) is 0 Å². The van der Waals surface area contributed by atoms with Crippen molar-refractivity contribution in [3.63, 3.8) is 0 Å². The molecule has 1 aliphatic carbocycles. The van der Waals surface area contributed by atoms with E-state index in [9.17, 15) is 0 Å². The van der Waals surface area contributed by atoms with E-state index < -0.39 is 0 Å². The highest BCUT2D eigenvalue weighted by Crippen LogP contribution is 2.37. The third kappa shape index (κ3) is 3.90. The highest BCUT2D eigenvalue weighted by atomic mass is 79.9. The number of halogens is 1. The van der Waals surface area contributed by atoms with E-state index >= 15 is 0 Å².